The van der Waals surface area contributed by atoms with Crippen molar-refractivity contribution in [3.8, 4) is 11.5 Å². The van der Waals surface area contributed by atoms with Crippen LogP contribution in [0.2, 0.25) is 0 Å². The van der Waals surface area contributed by atoms with Crippen molar-refractivity contribution in [3.63, 3.8) is 0 Å². The molecule has 0 aliphatic rings. The summed E-state index contributed by atoms with van der Waals surface area (Å²) in [4.78, 5) is 12.0. The number of methoxy groups -OCH3 is 1. The lowest BCUT2D eigenvalue weighted by Crippen LogP contribution is -2.12. The highest BCUT2D eigenvalue weighted by atomic mass is 19.1. The molecule has 0 aliphatic heterocycles. The van der Waals surface area contributed by atoms with Gasteiger partial charge in [0.25, 0.3) is 5.91 Å². The summed E-state index contributed by atoms with van der Waals surface area (Å²) in [5, 5.41) is 12.2. The molecule has 0 spiro atoms. The van der Waals surface area contributed by atoms with Gasteiger partial charge in [-0.1, -0.05) is 6.07 Å². The summed E-state index contributed by atoms with van der Waals surface area (Å²) < 4.78 is 18.3. The number of phenolic OH excluding ortho intramolecular Hbond substituents is 1. The number of aryl methyl sites for hydroxylation is 1. The normalized spacial score (nSPS) is 10.2. The second kappa shape index (κ2) is 5.61. The zero-order valence-electron chi connectivity index (χ0n) is 11.1. The fourth-order valence-electron chi connectivity index (χ4n) is 1.71. The molecule has 5 heteroatoms. The smallest absolute Gasteiger partial charge is 0.255 e. The molecule has 2 N–H and O–H groups in total. The largest absolute Gasteiger partial charge is 0.504 e. The van der Waals surface area contributed by atoms with Crippen LogP contribution in [0.3, 0.4) is 0 Å². The van der Waals surface area contributed by atoms with Crippen LogP contribution in [-0.2, 0) is 0 Å². The molecule has 4 nitrogen and oxygen atoms in total. The predicted molar refractivity (Wildman–Crippen MR) is 73.7 cm³/mol. The molecule has 0 saturated carbocycles. The molecule has 0 saturated heterocycles. The van der Waals surface area contributed by atoms with Gasteiger partial charge in [0, 0.05) is 11.3 Å². The zero-order valence-corrected chi connectivity index (χ0v) is 11.1. The molecule has 0 unspecified atom stereocenters. The van der Waals surface area contributed by atoms with Gasteiger partial charge in [0.05, 0.1) is 7.11 Å². The summed E-state index contributed by atoms with van der Waals surface area (Å²) in [7, 11) is 1.42. The molecular formula is C15H14FNO3. The highest BCUT2D eigenvalue weighted by Gasteiger charge is 2.10. The zero-order chi connectivity index (χ0) is 14.7. The topological polar surface area (TPSA) is 58.6 Å². The van der Waals surface area contributed by atoms with Crippen LogP contribution in [0.25, 0.3) is 0 Å². The van der Waals surface area contributed by atoms with Crippen LogP contribution in [0.15, 0.2) is 36.4 Å². The first-order valence-electron chi connectivity index (χ1n) is 5.96. The number of hydrogen-bond acceptors (Lipinski definition) is 3. The standard InChI is InChI=1S/C15H14FNO3/c1-9-3-5-11(8-12(9)16)17-15(19)10-4-6-14(20-2)13(18)7-10/h3-8,18H,1-2H3,(H,17,19). The second-order valence-corrected chi connectivity index (χ2v) is 4.30. The van der Waals surface area contributed by atoms with Gasteiger partial charge in [-0.3, -0.25) is 4.79 Å². The van der Waals surface area contributed by atoms with Gasteiger partial charge < -0.3 is 15.2 Å². The molecule has 20 heavy (non-hydrogen) atoms. The molecule has 2 aromatic carbocycles. The van der Waals surface area contributed by atoms with Crippen LogP contribution < -0.4 is 10.1 Å². The first kappa shape index (κ1) is 13.9. The van der Waals surface area contributed by atoms with Crippen molar-refractivity contribution in [1.29, 1.82) is 0 Å². The molecule has 0 heterocycles. The maximum Gasteiger partial charge on any atom is 0.255 e. The van der Waals surface area contributed by atoms with E-state index in [9.17, 15) is 14.3 Å². The van der Waals surface area contributed by atoms with Crippen LogP contribution in [0, 0.1) is 12.7 Å². The van der Waals surface area contributed by atoms with Crippen molar-refractivity contribution in [2.24, 2.45) is 0 Å². The molecule has 104 valence electrons. The number of aromatic hydroxyl groups is 1. The average Bonchev–Trinajstić information content (AvgIpc) is 2.42. The molecule has 0 atom stereocenters. The number of phenols is 1. The summed E-state index contributed by atoms with van der Waals surface area (Å²) >= 11 is 0. The van der Waals surface area contributed by atoms with Crippen LogP contribution in [0.1, 0.15) is 15.9 Å². The Morgan fingerprint density at radius 2 is 2.00 bits per heavy atom. The number of amides is 1. The Kier molecular flexibility index (Phi) is 3.89. The lowest BCUT2D eigenvalue weighted by atomic mass is 10.1. The van der Waals surface area contributed by atoms with E-state index in [-0.39, 0.29) is 22.9 Å². The highest BCUT2D eigenvalue weighted by molar-refractivity contribution is 6.04. The van der Waals surface area contributed by atoms with Gasteiger partial charge in [0.2, 0.25) is 0 Å². The van der Waals surface area contributed by atoms with Gasteiger partial charge in [-0.25, -0.2) is 4.39 Å². The first-order valence-corrected chi connectivity index (χ1v) is 5.96. The van der Waals surface area contributed by atoms with Gasteiger partial charge in [-0.05, 0) is 42.8 Å². The van der Waals surface area contributed by atoms with E-state index in [1.807, 2.05) is 0 Å². The third kappa shape index (κ3) is 2.88. The summed E-state index contributed by atoms with van der Waals surface area (Å²) in [5.74, 6) is -0.676. The van der Waals surface area contributed by atoms with Crippen LogP contribution in [-0.4, -0.2) is 18.1 Å². The molecule has 0 fully saturated rings. The number of carbonyl (C=O) groups excluding carboxylic acids is 1. The first-order chi connectivity index (χ1) is 9.51. The number of hydrogen-bond donors (Lipinski definition) is 2. The third-order valence-corrected chi connectivity index (χ3v) is 2.87. The van der Waals surface area contributed by atoms with Crippen molar-refractivity contribution >= 4 is 11.6 Å². The van der Waals surface area contributed by atoms with E-state index >= 15 is 0 Å². The quantitative estimate of drug-likeness (QED) is 0.905. The Morgan fingerprint density at radius 1 is 1.25 bits per heavy atom. The summed E-state index contributed by atoms with van der Waals surface area (Å²) in [6.45, 7) is 1.64. The van der Waals surface area contributed by atoms with Gasteiger partial charge >= 0.3 is 0 Å². The van der Waals surface area contributed by atoms with Crippen LogP contribution in [0.4, 0.5) is 10.1 Å². The minimum atomic E-state index is -0.439. The minimum Gasteiger partial charge on any atom is -0.504 e. The van der Waals surface area contributed by atoms with Gasteiger partial charge in [0.15, 0.2) is 11.5 Å². The molecule has 2 aromatic rings. The van der Waals surface area contributed by atoms with Gasteiger partial charge in [-0.15, -0.1) is 0 Å². The van der Waals surface area contributed by atoms with Crippen LogP contribution in [0.5, 0.6) is 11.5 Å². The molecule has 2 rings (SSSR count). The number of halogens is 1. The summed E-state index contributed by atoms with van der Waals surface area (Å²) in [6, 6.07) is 8.73. The van der Waals surface area contributed by atoms with Gasteiger partial charge in [-0.2, -0.15) is 0 Å². The maximum absolute atomic E-state index is 13.4. The molecule has 1 amide bonds. The molecule has 0 aromatic heterocycles. The lowest BCUT2D eigenvalue weighted by Gasteiger charge is -2.08. The Hall–Kier alpha value is -2.56. The Labute approximate surface area is 115 Å². The number of ether oxygens (including phenoxy) is 1. The Balaban J connectivity index is 2.19. The van der Waals surface area contributed by atoms with Crippen molar-refractivity contribution < 1.29 is 19.0 Å². The highest BCUT2D eigenvalue weighted by Crippen LogP contribution is 2.26. The SMILES string of the molecule is COc1ccc(C(=O)Nc2ccc(C)c(F)c2)cc1O. The van der Waals surface area contributed by atoms with Crippen molar-refractivity contribution in [1.82, 2.24) is 0 Å². The van der Waals surface area contributed by atoms with E-state index in [0.29, 0.717) is 11.3 Å². The van der Waals surface area contributed by atoms with E-state index in [0.717, 1.165) is 0 Å². The number of nitrogens with one attached hydrogen (secondary N) is 1. The number of benzene rings is 2. The lowest BCUT2D eigenvalue weighted by molar-refractivity contribution is 0.102. The van der Waals surface area contributed by atoms with E-state index < -0.39 is 5.91 Å². The fourth-order valence-corrected chi connectivity index (χ4v) is 1.71. The van der Waals surface area contributed by atoms with Crippen molar-refractivity contribution in [2.45, 2.75) is 6.92 Å². The molecular weight excluding hydrogens is 261 g/mol. The molecule has 0 bridgehead atoms. The maximum atomic E-state index is 13.4. The predicted octanol–water partition coefficient (Wildman–Crippen LogP) is 3.10. The summed E-state index contributed by atoms with van der Waals surface area (Å²) in [6.07, 6.45) is 0. The Morgan fingerprint density at radius 3 is 2.60 bits per heavy atom. The monoisotopic (exact) mass is 275 g/mol. The average molecular weight is 275 g/mol. The minimum absolute atomic E-state index is 0.129. The number of rotatable bonds is 3. The van der Waals surface area contributed by atoms with E-state index in [4.69, 9.17) is 4.74 Å². The van der Waals surface area contributed by atoms with E-state index in [1.165, 1.54) is 31.4 Å². The Bertz CT molecular complexity index is 656. The van der Waals surface area contributed by atoms with Gasteiger partial charge in [0.1, 0.15) is 5.82 Å². The van der Waals surface area contributed by atoms with Crippen molar-refractivity contribution in [2.75, 3.05) is 12.4 Å². The van der Waals surface area contributed by atoms with Crippen molar-refractivity contribution in [3.05, 3.63) is 53.3 Å². The van der Waals surface area contributed by atoms with Crippen LogP contribution >= 0.6 is 0 Å². The van der Waals surface area contributed by atoms with E-state index in [2.05, 4.69) is 5.32 Å². The second-order valence-electron chi connectivity index (χ2n) is 4.30. The molecule has 0 radical (unpaired) electrons. The van der Waals surface area contributed by atoms with E-state index in [1.54, 1.807) is 19.1 Å². The fraction of sp³-hybridized carbons (Fsp3) is 0.133. The third-order valence-electron chi connectivity index (χ3n) is 2.87. The number of carbonyl (C=O) groups is 1. The number of anilines is 1. The summed E-state index contributed by atoms with van der Waals surface area (Å²) in [5.41, 5.74) is 1.11. The molecule has 0 aliphatic carbocycles.